The molecule has 0 spiro atoms. The molecule has 1 aromatic carbocycles. The maximum Gasteiger partial charge on any atom is 0.123 e. The Labute approximate surface area is 115 Å². The minimum Gasteiger partial charge on any atom is -0.317 e. The number of nitrogens with zero attached hydrogens (tertiary/aromatic N) is 1. The number of fused-ring (bicyclic) bond motifs is 2. The second-order valence-electron chi connectivity index (χ2n) is 5.96. The van der Waals surface area contributed by atoms with Crippen molar-refractivity contribution in [2.45, 2.75) is 50.2 Å². The van der Waals surface area contributed by atoms with E-state index in [1.807, 2.05) is 12.1 Å². The zero-order valence-corrected chi connectivity index (χ0v) is 11.6. The molecule has 2 bridgehead atoms. The fourth-order valence-corrected chi connectivity index (χ4v) is 3.83. The molecule has 2 atom stereocenters. The van der Waals surface area contributed by atoms with Crippen molar-refractivity contribution in [3.8, 4) is 0 Å². The fourth-order valence-electron chi connectivity index (χ4n) is 3.83. The third-order valence-corrected chi connectivity index (χ3v) is 4.84. The molecule has 2 unspecified atom stereocenters. The van der Waals surface area contributed by atoms with Gasteiger partial charge in [-0.25, -0.2) is 4.39 Å². The molecule has 0 amide bonds. The number of piperidine rings is 1. The van der Waals surface area contributed by atoms with Crippen molar-refractivity contribution < 1.29 is 4.39 Å². The summed E-state index contributed by atoms with van der Waals surface area (Å²) in [6.07, 6.45) is 6.19. The average molecular weight is 262 g/mol. The Bertz CT molecular complexity index is 421. The van der Waals surface area contributed by atoms with Crippen LogP contribution in [0.5, 0.6) is 0 Å². The largest absolute Gasteiger partial charge is 0.317 e. The highest BCUT2D eigenvalue weighted by molar-refractivity contribution is 5.16. The maximum atomic E-state index is 13.2. The number of nitrogens with one attached hydrogen (secondary N) is 1. The molecule has 3 rings (SSSR count). The first kappa shape index (κ1) is 13.1. The summed E-state index contributed by atoms with van der Waals surface area (Å²) in [6.45, 7) is 1.08. The van der Waals surface area contributed by atoms with Crippen LogP contribution in [0.2, 0.25) is 0 Å². The van der Waals surface area contributed by atoms with E-state index in [1.54, 1.807) is 6.07 Å². The Hall–Kier alpha value is -0.930. The standard InChI is InChI=1S/C16H23FN2/c1-18-14-10-15-5-6-16(11-14)19(15)8-7-12-3-2-4-13(17)9-12/h2-4,9,14-16,18H,5-8,10-11H2,1H3. The van der Waals surface area contributed by atoms with Crippen LogP contribution in [0.1, 0.15) is 31.2 Å². The Morgan fingerprint density at radius 3 is 2.63 bits per heavy atom. The minimum absolute atomic E-state index is 0.116. The number of hydrogen-bond acceptors (Lipinski definition) is 2. The van der Waals surface area contributed by atoms with Gasteiger partial charge in [0.2, 0.25) is 0 Å². The molecule has 1 N–H and O–H groups in total. The zero-order valence-electron chi connectivity index (χ0n) is 11.6. The highest BCUT2D eigenvalue weighted by Gasteiger charge is 2.39. The second kappa shape index (κ2) is 5.59. The summed E-state index contributed by atoms with van der Waals surface area (Å²) in [4.78, 5) is 2.67. The number of rotatable bonds is 4. The van der Waals surface area contributed by atoms with Gasteiger partial charge in [-0.2, -0.15) is 0 Å². The summed E-state index contributed by atoms with van der Waals surface area (Å²) >= 11 is 0. The van der Waals surface area contributed by atoms with Crippen LogP contribution in [0.15, 0.2) is 24.3 Å². The Morgan fingerprint density at radius 2 is 2.00 bits per heavy atom. The first-order valence-corrected chi connectivity index (χ1v) is 7.43. The van der Waals surface area contributed by atoms with Crippen LogP contribution in [0.3, 0.4) is 0 Å². The molecular weight excluding hydrogens is 239 g/mol. The first-order valence-electron chi connectivity index (χ1n) is 7.43. The van der Waals surface area contributed by atoms with Crippen molar-refractivity contribution >= 4 is 0 Å². The van der Waals surface area contributed by atoms with Gasteiger partial charge in [0, 0.05) is 24.7 Å². The van der Waals surface area contributed by atoms with E-state index in [1.165, 1.54) is 31.7 Å². The van der Waals surface area contributed by atoms with Crippen LogP contribution >= 0.6 is 0 Å². The van der Waals surface area contributed by atoms with Crippen LogP contribution in [-0.2, 0) is 6.42 Å². The van der Waals surface area contributed by atoms with E-state index in [4.69, 9.17) is 0 Å². The van der Waals surface area contributed by atoms with Gasteiger partial charge < -0.3 is 5.32 Å². The quantitative estimate of drug-likeness (QED) is 0.897. The van der Waals surface area contributed by atoms with E-state index in [-0.39, 0.29) is 5.82 Å². The van der Waals surface area contributed by atoms with Crippen LogP contribution < -0.4 is 5.32 Å². The zero-order chi connectivity index (χ0) is 13.2. The van der Waals surface area contributed by atoms with Crippen LogP contribution in [-0.4, -0.2) is 36.6 Å². The lowest BCUT2D eigenvalue weighted by molar-refractivity contribution is 0.121. The third-order valence-electron chi connectivity index (χ3n) is 4.84. The molecule has 0 aliphatic carbocycles. The Morgan fingerprint density at radius 1 is 1.26 bits per heavy atom. The van der Waals surface area contributed by atoms with Crippen molar-refractivity contribution in [2.75, 3.05) is 13.6 Å². The fraction of sp³-hybridized carbons (Fsp3) is 0.625. The third kappa shape index (κ3) is 2.82. The molecule has 2 saturated heterocycles. The van der Waals surface area contributed by atoms with Crippen LogP contribution in [0, 0.1) is 5.82 Å². The lowest BCUT2D eigenvalue weighted by Crippen LogP contribution is -2.48. The van der Waals surface area contributed by atoms with Gasteiger partial charge in [-0.3, -0.25) is 4.90 Å². The van der Waals surface area contributed by atoms with Gasteiger partial charge in [0.25, 0.3) is 0 Å². The predicted molar refractivity (Wildman–Crippen MR) is 75.7 cm³/mol. The summed E-state index contributed by atoms with van der Waals surface area (Å²) in [7, 11) is 2.08. The molecule has 2 aliphatic heterocycles. The van der Waals surface area contributed by atoms with Gasteiger partial charge in [-0.1, -0.05) is 12.1 Å². The molecular formula is C16H23FN2. The van der Waals surface area contributed by atoms with Gasteiger partial charge in [0.1, 0.15) is 5.82 Å². The summed E-state index contributed by atoms with van der Waals surface area (Å²) in [5.74, 6) is -0.116. The lowest BCUT2D eigenvalue weighted by Gasteiger charge is -2.39. The first-order chi connectivity index (χ1) is 9.26. The van der Waals surface area contributed by atoms with E-state index < -0.39 is 0 Å². The van der Waals surface area contributed by atoms with Crippen molar-refractivity contribution in [3.63, 3.8) is 0 Å². The summed E-state index contributed by atoms with van der Waals surface area (Å²) in [5, 5.41) is 3.43. The van der Waals surface area contributed by atoms with Crippen molar-refractivity contribution in [1.29, 1.82) is 0 Å². The Kier molecular flexibility index (Phi) is 3.85. The molecule has 1 aromatic rings. The number of halogens is 1. The normalized spacial score (nSPS) is 30.7. The molecule has 0 saturated carbocycles. The number of benzene rings is 1. The molecule has 3 heteroatoms. The molecule has 2 fully saturated rings. The van der Waals surface area contributed by atoms with Crippen molar-refractivity contribution in [2.24, 2.45) is 0 Å². The molecule has 2 aliphatic rings. The smallest absolute Gasteiger partial charge is 0.123 e. The molecule has 0 aromatic heterocycles. The maximum absolute atomic E-state index is 13.2. The van der Waals surface area contributed by atoms with E-state index in [9.17, 15) is 4.39 Å². The van der Waals surface area contributed by atoms with Gasteiger partial charge >= 0.3 is 0 Å². The van der Waals surface area contributed by atoms with Gasteiger partial charge in [-0.05, 0) is 56.8 Å². The van der Waals surface area contributed by atoms with Crippen LogP contribution in [0.25, 0.3) is 0 Å². The van der Waals surface area contributed by atoms with E-state index in [0.29, 0.717) is 6.04 Å². The number of hydrogen-bond donors (Lipinski definition) is 1. The highest BCUT2D eigenvalue weighted by Crippen LogP contribution is 2.35. The predicted octanol–water partition coefficient (Wildman–Crippen LogP) is 2.58. The van der Waals surface area contributed by atoms with Crippen molar-refractivity contribution in [3.05, 3.63) is 35.6 Å². The summed E-state index contributed by atoms with van der Waals surface area (Å²) in [6, 6.07) is 9.21. The van der Waals surface area contributed by atoms with E-state index in [0.717, 1.165) is 30.6 Å². The van der Waals surface area contributed by atoms with Gasteiger partial charge in [-0.15, -0.1) is 0 Å². The lowest BCUT2D eigenvalue weighted by atomic mass is 9.97. The van der Waals surface area contributed by atoms with Gasteiger partial charge in [0.15, 0.2) is 0 Å². The molecule has 2 heterocycles. The Balaban J connectivity index is 1.59. The van der Waals surface area contributed by atoms with Gasteiger partial charge in [0.05, 0.1) is 0 Å². The van der Waals surface area contributed by atoms with Crippen LogP contribution in [0.4, 0.5) is 4.39 Å². The monoisotopic (exact) mass is 262 g/mol. The molecule has 0 radical (unpaired) electrons. The molecule has 104 valence electrons. The minimum atomic E-state index is -0.116. The molecule has 19 heavy (non-hydrogen) atoms. The summed E-state index contributed by atoms with van der Waals surface area (Å²) in [5.41, 5.74) is 1.12. The van der Waals surface area contributed by atoms with E-state index >= 15 is 0 Å². The highest BCUT2D eigenvalue weighted by atomic mass is 19.1. The van der Waals surface area contributed by atoms with E-state index in [2.05, 4.69) is 17.3 Å². The SMILES string of the molecule is CNC1CC2CCC(C1)N2CCc1cccc(F)c1. The second-order valence-corrected chi connectivity index (χ2v) is 5.96. The topological polar surface area (TPSA) is 15.3 Å². The average Bonchev–Trinajstić information content (AvgIpc) is 2.66. The van der Waals surface area contributed by atoms with Crippen molar-refractivity contribution in [1.82, 2.24) is 10.2 Å². The molecule has 2 nitrogen and oxygen atoms in total. The summed E-state index contributed by atoms with van der Waals surface area (Å²) < 4.78 is 13.2.